The summed E-state index contributed by atoms with van der Waals surface area (Å²) in [6.07, 6.45) is 0. The highest BCUT2D eigenvalue weighted by atomic mass is 79.9. The van der Waals surface area contributed by atoms with Crippen LogP contribution in [0, 0.1) is 6.92 Å². The molecule has 27 heavy (non-hydrogen) atoms. The van der Waals surface area contributed by atoms with Crippen molar-refractivity contribution in [3.05, 3.63) is 64.1 Å². The molecule has 6 heteroatoms. The van der Waals surface area contributed by atoms with Crippen LogP contribution in [0.2, 0.25) is 0 Å². The normalized spacial score (nSPS) is 12.9. The number of halogens is 1. The van der Waals surface area contributed by atoms with Gasteiger partial charge in [-0.25, -0.2) is 0 Å². The van der Waals surface area contributed by atoms with Crippen LogP contribution in [0.5, 0.6) is 0 Å². The Kier molecular flexibility index (Phi) is 7.56. The summed E-state index contributed by atoms with van der Waals surface area (Å²) in [5.74, 6) is -0.353. The van der Waals surface area contributed by atoms with Gasteiger partial charge in [-0.15, -0.1) is 0 Å². The van der Waals surface area contributed by atoms with E-state index in [4.69, 9.17) is 0 Å². The fourth-order valence-corrected chi connectivity index (χ4v) is 3.45. The molecule has 0 saturated carbocycles. The lowest BCUT2D eigenvalue weighted by Gasteiger charge is -2.25. The first-order valence-corrected chi connectivity index (χ1v) is 9.69. The van der Waals surface area contributed by atoms with Crippen molar-refractivity contribution in [1.82, 2.24) is 10.2 Å². The third-order valence-electron chi connectivity index (χ3n) is 4.33. The quantitative estimate of drug-likeness (QED) is 0.698. The topological polar surface area (TPSA) is 61.4 Å². The summed E-state index contributed by atoms with van der Waals surface area (Å²) in [7, 11) is 1.64. The summed E-state index contributed by atoms with van der Waals surface area (Å²) in [6, 6.07) is 15.0. The maximum atomic E-state index is 12.6. The zero-order valence-corrected chi connectivity index (χ0v) is 17.7. The zero-order valence-electron chi connectivity index (χ0n) is 16.1. The summed E-state index contributed by atoms with van der Waals surface area (Å²) >= 11 is 3.53. The van der Waals surface area contributed by atoms with E-state index in [-0.39, 0.29) is 24.4 Å². The van der Waals surface area contributed by atoms with Crippen molar-refractivity contribution in [3.63, 3.8) is 0 Å². The van der Waals surface area contributed by atoms with Crippen molar-refractivity contribution in [2.75, 3.05) is 18.9 Å². The lowest BCUT2D eigenvalue weighted by Crippen LogP contribution is -2.46. The van der Waals surface area contributed by atoms with Crippen LogP contribution < -0.4 is 10.6 Å². The maximum absolute atomic E-state index is 12.6. The van der Waals surface area contributed by atoms with E-state index in [1.807, 2.05) is 69.3 Å². The number of rotatable bonds is 7. The Bertz CT molecular complexity index is 792. The number of nitrogens with one attached hydrogen (secondary N) is 2. The molecule has 2 N–H and O–H groups in total. The summed E-state index contributed by atoms with van der Waals surface area (Å²) in [4.78, 5) is 26.2. The molecule has 0 bridgehead atoms. The second-order valence-corrected chi connectivity index (χ2v) is 7.59. The molecule has 0 radical (unpaired) electrons. The van der Waals surface area contributed by atoms with Crippen LogP contribution in [0.3, 0.4) is 0 Å². The van der Waals surface area contributed by atoms with Gasteiger partial charge >= 0.3 is 0 Å². The number of nitrogens with zero attached hydrogens (tertiary/aromatic N) is 1. The van der Waals surface area contributed by atoms with E-state index < -0.39 is 6.04 Å². The number of hydrogen-bond donors (Lipinski definition) is 2. The molecule has 5 nitrogen and oxygen atoms in total. The van der Waals surface area contributed by atoms with E-state index in [1.165, 1.54) is 4.90 Å². The highest BCUT2D eigenvalue weighted by molar-refractivity contribution is 9.10. The molecule has 0 saturated heterocycles. The molecular weight excluding hydrogens is 406 g/mol. The number of hydrogen-bond acceptors (Lipinski definition) is 3. The van der Waals surface area contributed by atoms with Gasteiger partial charge in [0.15, 0.2) is 0 Å². The zero-order chi connectivity index (χ0) is 20.0. The Balaban J connectivity index is 1.88. The first-order valence-electron chi connectivity index (χ1n) is 8.90. The van der Waals surface area contributed by atoms with Crippen LogP contribution in [0.4, 0.5) is 5.69 Å². The molecule has 2 amide bonds. The SMILES string of the molecule is Cc1ccc(NC(=O)CN(C)C(=O)[C@@H](C)N[C@H](C)c2ccccc2Br)cc1. The van der Waals surface area contributed by atoms with E-state index >= 15 is 0 Å². The van der Waals surface area contributed by atoms with Crippen molar-refractivity contribution in [2.24, 2.45) is 0 Å². The minimum absolute atomic E-state index is 0.00213. The molecule has 0 heterocycles. The van der Waals surface area contributed by atoms with E-state index in [1.54, 1.807) is 7.05 Å². The molecule has 2 aromatic rings. The van der Waals surface area contributed by atoms with Crippen LogP contribution in [-0.4, -0.2) is 36.3 Å². The van der Waals surface area contributed by atoms with Gasteiger partial charge in [0.2, 0.25) is 11.8 Å². The molecule has 2 aromatic carbocycles. The third kappa shape index (κ3) is 6.19. The lowest BCUT2D eigenvalue weighted by atomic mass is 10.1. The Morgan fingerprint density at radius 2 is 1.70 bits per heavy atom. The van der Waals surface area contributed by atoms with E-state index in [0.717, 1.165) is 21.3 Å². The highest BCUT2D eigenvalue weighted by Crippen LogP contribution is 2.23. The monoisotopic (exact) mass is 431 g/mol. The highest BCUT2D eigenvalue weighted by Gasteiger charge is 2.22. The Hall–Kier alpha value is -2.18. The minimum atomic E-state index is -0.413. The van der Waals surface area contributed by atoms with Crippen molar-refractivity contribution in [2.45, 2.75) is 32.9 Å². The van der Waals surface area contributed by atoms with Crippen molar-refractivity contribution >= 4 is 33.4 Å². The Morgan fingerprint density at radius 3 is 2.33 bits per heavy atom. The number of anilines is 1. The van der Waals surface area contributed by atoms with Gasteiger partial charge in [0, 0.05) is 23.2 Å². The summed E-state index contributed by atoms with van der Waals surface area (Å²) in [5, 5.41) is 6.10. The molecule has 144 valence electrons. The fraction of sp³-hybridized carbons (Fsp3) is 0.333. The number of carbonyl (C=O) groups is 2. The Morgan fingerprint density at radius 1 is 1.07 bits per heavy atom. The second kappa shape index (κ2) is 9.67. The molecule has 2 rings (SSSR count). The summed E-state index contributed by atoms with van der Waals surface area (Å²) < 4.78 is 0.996. The van der Waals surface area contributed by atoms with Gasteiger partial charge in [0.05, 0.1) is 12.6 Å². The summed E-state index contributed by atoms with van der Waals surface area (Å²) in [5.41, 5.74) is 2.93. The van der Waals surface area contributed by atoms with Gasteiger partial charge in [0.25, 0.3) is 0 Å². The van der Waals surface area contributed by atoms with Crippen LogP contribution in [0.25, 0.3) is 0 Å². The molecule has 0 spiro atoms. The average molecular weight is 432 g/mol. The van der Waals surface area contributed by atoms with Crippen molar-refractivity contribution in [1.29, 1.82) is 0 Å². The van der Waals surface area contributed by atoms with Gasteiger partial charge < -0.3 is 10.2 Å². The molecule has 0 aromatic heterocycles. The van der Waals surface area contributed by atoms with E-state index in [0.29, 0.717) is 0 Å². The van der Waals surface area contributed by atoms with Crippen LogP contribution in [0.15, 0.2) is 53.0 Å². The molecule has 2 atom stereocenters. The van der Waals surface area contributed by atoms with Crippen LogP contribution in [0.1, 0.15) is 31.0 Å². The standard InChI is InChI=1S/C21H26BrN3O2/c1-14-9-11-17(12-10-14)24-20(26)13-25(4)21(27)16(3)23-15(2)18-7-5-6-8-19(18)22/h5-12,15-16,23H,13H2,1-4H3,(H,24,26)/t15-,16-/m1/s1. The lowest BCUT2D eigenvalue weighted by molar-refractivity contribution is -0.135. The predicted octanol–water partition coefficient (Wildman–Crippen LogP) is 3.89. The number of amides is 2. The first kappa shape index (κ1) is 21.1. The van der Waals surface area contributed by atoms with Gasteiger partial charge in [-0.1, -0.05) is 51.8 Å². The molecule has 0 unspecified atom stereocenters. The van der Waals surface area contributed by atoms with Crippen molar-refractivity contribution < 1.29 is 9.59 Å². The first-order chi connectivity index (χ1) is 12.8. The molecular formula is C21H26BrN3O2. The maximum Gasteiger partial charge on any atom is 0.243 e. The average Bonchev–Trinajstić information content (AvgIpc) is 2.63. The van der Waals surface area contributed by atoms with Crippen LogP contribution in [-0.2, 0) is 9.59 Å². The number of aryl methyl sites for hydroxylation is 1. The van der Waals surface area contributed by atoms with Crippen molar-refractivity contribution in [3.8, 4) is 0 Å². The summed E-state index contributed by atoms with van der Waals surface area (Å²) in [6.45, 7) is 5.81. The molecule has 0 aliphatic carbocycles. The molecule has 0 aliphatic rings. The fourth-order valence-electron chi connectivity index (χ4n) is 2.82. The number of benzene rings is 2. The molecule has 0 aliphatic heterocycles. The van der Waals surface area contributed by atoms with Gasteiger partial charge in [-0.3, -0.25) is 14.9 Å². The predicted molar refractivity (Wildman–Crippen MR) is 113 cm³/mol. The largest absolute Gasteiger partial charge is 0.335 e. The van der Waals surface area contributed by atoms with E-state index in [2.05, 4.69) is 26.6 Å². The minimum Gasteiger partial charge on any atom is -0.335 e. The number of likely N-dealkylation sites (N-methyl/N-ethyl adjacent to an activating group) is 1. The molecule has 0 fully saturated rings. The second-order valence-electron chi connectivity index (χ2n) is 6.74. The number of carbonyl (C=O) groups excluding carboxylic acids is 2. The third-order valence-corrected chi connectivity index (χ3v) is 5.06. The Labute approximate surface area is 169 Å². The van der Waals surface area contributed by atoms with Gasteiger partial charge in [0.1, 0.15) is 0 Å². The van der Waals surface area contributed by atoms with Gasteiger partial charge in [-0.05, 0) is 44.5 Å². The van der Waals surface area contributed by atoms with E-state index in [9.17, 15) is 9.59 Å². The smallest absolute Gasteiger partial charge is 0.243 e. The van der Waals surface area contributed by atoms with Crippen LogP contribution >= 0.6 is 15.9 Å². The van der Waals surface area contributed by atoms with Gasteiger partial charge in [-0.2, -0.15) is 0 Å².